The highest BCUT2D eigenvalue weighted by molar-refractivity contribution is 6.30. The number of aromatic nitrogens is 3. The molecule has 1 amide bonds. The van der Waals surface area contributed by atoms with Gasteiger partial charge in [0, 0.05) is 47.6 Å². The molecule has 0 spiro atoms. The Bertz CT molecular complexity index is 1120. The highest BCUT2D eigenvalue weighted by Crippen LogP contribution is 2.23. The molecule has 0 saturated carbocycles. The Hall–Kier alpha value is -3.58. The lowest BCUT2D eigenvalue weighted by Gasteiger charge is -2.09. The van der Waals surface area contributed by atoms with Crippen molar-refractivity contribution in [2.75, 3.05) is 11.9 Å². The summed E-state index contributed by atoms with van der Waals surface area (Å²) >= 11 is 5.91. The van der Waals surface area contributed by atoms with Crippen molar-refractivity contribution in [2.45, 2.75) is 19.4 Å². The number of halogens is 1. The van der Waals surface area contributed by atoms with Crippen molar-refractivity contribution >= 4 is 23.2 Å². The fourth-order valence-electron chi connectivity index (χ4n) is 2.97. The van der Waals surface area contributed by atoms with E-state index in [0.29, 0.717) is 47.7 Å². The van der Waals surface area contributed by atoms with Gasteiger partial charge in [-0.15, -0.1) is 0 Å². The van der Waals surface area contributed by atoms with Crippen LogP contribution in [0.1, 0.15) is 12.3 Å². The molecule has 0 aliphatic rings. The van der Waals surface area contributed by atoms with Gasteiger partial charge in [-0.2, -0.15) is 5.10 Å². The van der Waals surface area contributed by atoms with E-state index in [1.807, 2.05) is 42.6 Å². The van der Waals surface area contributed by atoms with E-state index in [4.69, 9.17) is 20.8 Å². The van der Waals surface area contributed by atoms with Crippen molar-refractivity contribution in [3.8, 4) is 17.1 Å². The number of nitrogens with one attached hydrogen (secondary N) is 1. The molecule has 2 aromatic heterocycles. The normalized spacial score (nSPS) is 10.7. The van der Waals surface area contributed by atoms with Gasteiger partial charge in [-0.05, 0) is 42.5 Å². The fourth-order valence-corrected chi connectivity index (χ4v) is 3.10. The van der Waals surface area contributed by atoms with Crippen molar-refractivity contribution in [1.29, 1.82) is 0 Å². The number of carbonyl (C=O) groups is 1. The minimum atomic E-state index is -0.125. The third-order valence-corrected chi connectivity index (χ3v) is 4.77. The molecule has 1 N–H and O–H groups in total. The Balaban J connectivity index is 1.25. The van der Waals surface area contributed by atoms with E-state index in [2.05, 4.69) is 15.4 Å². The first-order chi connectivity index (χ1) is 15.2. The molecule has 0 bridgehead atoms. The van der Waals surface area contributed by atoms with Crippen LogP contribution in [0.5, 0.6) is 5.75 Å². The predicted octanol–water partition coefficient (Wildman–Crippen LogP) is 4.84. The Morgan fingerprint density at radius 1 is 1.16 bits per heavy atom. The average molecular weight is 437 g/mol. The Morgan fingerprint density at radius 3 is 2.84 bits per heavy atom. The molecule has 0 saturated heterocycles. The van der Waals surface area contributed by atoms with Gasteiger partial charge in [-0.3, -0.25) is 9.48 Å². The largest absolute Gasteiger partial charge is 0.492 e. The molecular formula is C23H21ClN4O3. The number of hydrogen-bond donors (Lipinski definition) is 1. The van der Waals surface area contributed by atoms with E-state index in [0.717, 1.165) is 5.56 Å². The number of amides is 1. The summed E-state index contributed by atoms with van der Waals surface area (Å²) in [5.74, 6) is 1.72. The van der Waals surface area contributed by atoms with Crippen LogP contribution in [0.3, 0.4) is 0 Å². The highest BCUT2D eigenvalue weighted by atomic mass is 35.5. The van der Waals surface area contributed by atoms with Crippen LogP contribution < -0.4 is 10.1 Å². The summed E-state index contributed by atoms with van der Waals surface area (Å²) in [6.07, 6.45) is 5.92. The lowest BCUT2D eigenvalue weighted by molar-refractivity contribution is -0.116. The Morgan fingerprint density at radius 2 is 2.03 bits per heavy atom. The summed E-state index contributed by atoms with van der Waals surface area (Å²) in [7, 11) is 0. The molecule has 0 fully saturated rings. The quantitative estimate of drug-likeness (QED) is 0.406. The smallest absolute Gasteiger partial charge is 0.224 e. The monoisotopic (exact) mass is 436 g/mol. The third-order valence-electron chi connectivity index (χ3n) is 4.51. The summed E-state index contributed by atoms with van der Waals surface area (Å²) in [5, 5.41) is 7.67. The van der Waals surface area contributed by atoms with Gasteiger partial charge in [-0.25, -0.2) is 4.98 Å². The second-order valence-corrected chi connectivity index (χ2v) is 7.26. The molecule has 0 atom stereocenters. The van der Waals surface area contributed by atoms with Crippen molar-refractivity contribution in [3.63, 3.8) is 0 Å². The van der Waals surface area contributed by atoms with Crippen LogP contribution in [-0.2, 0) is 17.8 Å². The molecular weight excluding hydrogens is 416 g/mol. The first-order valence-corrected chi connectivity index (χ1v) is 10.2. The van der Waals surface area contributed by atoms with E-state index in [1.165, 1.54) is 0 Å². The average Bonchev–Trinajstić information content (AvgIpc) is 3.45. The van der Waals surface area contributed by atoms with Crippen LogP contribution in [0.2, 0.25) is 5.02 Å². The predicted molar refractivity (Wildman–Crippen MR) is 118 cm³/mol. The van der Waals surface area contributed by atoms with Crippen LogP contribution in [0.15, 0.2) is 77.6 Å². The molecule has 31 heavy (non-hydrogen) atoms. The van der Waals surface area contributed by atoms with E-state index < -0.39 is 0 Å². The molecule has 158 valence electrons. The van der Waals surface area contributed by atoms with Gasteiger partial charge in [0.1, 0.15) is 12.4 Å². The summed E-state index contributed by atoms with van der Waals surface area (Å²) in [4.78, 5) is 16.6. The molecule has 4 rings (SSSR count). The minimum absolute atomic E-state index is 0.125. The number of anilines is 1. The first-order valence-electron chi connectivity index (χ1n) is 9.86. The summed E-state index contributed by atoms with van der Waals surface area (Å²) in [6.45, 7) is 1.14. The zero-order chi connectivity index (χ0) is 21.5. The molecule has 7 nitrogen and oxygen atoms in total. The number of hydrogen-bond acceptors (Lipinski definition) is 5. The zero-order valence-electron chi connectivity index (χ0n) is 16.7. The van der Waals surface area contributed by atoms with Gasteiger partial charge >= 0.3 is 0 Å². The highest BCUT2D eigenvalue weighted by Gasteiger charge is 2.10. The van der Waals surface area contributed by atoms with Crippen LogP contribution >= 0.6 is 11.6 Å². The summed E-state index contributed by atoms with van der Waals surface area (Å²) in [5.41, 5.74) is 1.56. The molecule has 0 aliphatic carbocycles. The zero-order valence-corrected chi connectivity index (χ0v) is 17.5. The first kappa shape index (κ1) is 20.7. The van der Waals surface area contributed by atoms with Crippen molar-refractivity contribution in [3.05, 3.63) is 84.1 Å². The molecule has 4 aromatic rings. The minimum Gasteiger partial charge on any atom is -0.492 e. The Labute approximate surface area is 184 Å². The summed E-state index contributed by atoms with van der Waals surface area (Å²) < 4.78 is 13.3. The van der Waals surface area contributed by atoms with Gasteiger partial charge in [0.2, 0.25) is 5.91 Å². The standard InChI is InChI=1S/C23H21ClN4O3/c24-18-7-5-17(6-8-18)21-16-25-23(31-21)10-9-22(29)27-19-3-1-4-20(15-19)30-14-13-28-12-2-11-26-28/h1-8,11-12,15-16H,9-10,13-14H2,(H,27,29). The Kier molecular flexibility index (Phi) is 6.64. The summed E-state index contributed by atoms with van der Waals surface area (Å²) in [6, 6.07) is 16.5. The topological polar surface area (TPSA) is 82.2 Å². The van der Waals surface area contributed by atoms with E-state index in [9.17, 15) is 4.79 Å². The second kappa shape index (κ2) is 9.95. The van der Waals surface area contributed by atoms with Gasteiger partial charge in [0.15, 0.2) is 11.7 Å². The molecule has 2 aromatic carbocycles. The van der Waals surface area contributed by atoms with Crippen LogP contribution in [-0.4, -0.2) is 27.3 Å². The maximum atomic E-state index is 12.3. The maximum absolute atomic E-state index is 12.3. The molecule has 8 heteroatoms. The molecule has 2 heterocycles. The lowest BCUT2D eigenvalue weighted by Crippen LogP contribution is -2.13. The van der Waals surface area contributed by atoms with Gasteiger partial charge in [0.05, 0.1) is 12.7 Å². The van der Waals surface area contributed by atoms with Gasteiger partial charge in [0.25, 0.3) is 0 Å². The van der Waals surface area contributed by atoms with Crippen LogP contribution in [0.25, 0.3) is 11.3 Å². The maximum Gasteiger partial charge on any atom is 0.224 e. The third kappa shape index (κ3) is 5.96. The van der Waals surface area contributed by atoms with Gasteiger partial charge in [-0.1, -0.05) is 17.7 Å². The van der Waals surface area contributed by atoms with E-state index in [1.54, 1.807) is 35.3 Å². The van der Waals surface area contributed by atoms with Crippen LogP contribution in [0.4, 0.5) is 5.69 Å². The number of oxazole rings is 1. The SMILES string of the molecule is O=C(CCc1ncc(-c2ccc(Cl)cc2)o1)Nc1cccc(OCCn2cccn2)c1. The number of nitrogens with zero attached hydrogens (tertiary/aromatic N) is 3. The molecule has 0 radical (unpaired) electrons. The van der Waals surface area contributed by atoms with Gasteiger partial charge < -0.3 is 14.5 Å². The van der Waals surface area contributed by atoms with E-state index >= 15 is 0 Å². The number of benzene rings is 2. The fraction of sp³-hybridized carbons (Fsp3) is 0.174. The second-order valence-electron chi connectivity index (χ2n) is 6.82. The number of ether oxygens (including phenoxy) is 1. The van der Waals surface area contributed by atoms with Crippen molar-refractivity contribution in [1.82, 2.24) is 14.8 Å². The lowest BCUT2D eigenvalue weighted by atomic mass is 10.2. The molecule has 0 aliphatic heterocycles. The number of carbonyl (C=O) groups excluding carboxylic acids is 1. The number of rotatable bonds is 9. The van der Waals surface area contributed by atoms with E-state index in [-0.39, 0.29) is 12.3 Å². The molecule has 0 unspecified atom stereocenters. The van der Waals surface area contributed by atoms with Crippen molar-refractivity contribution < 1.29 is 13.9 Å². The van der Waals surface area contributed by atoms with Crippen molar-refractivity contribution in [2.24, 2.45) is 0 Å². The van der Waals surface area contributed by atoms with Crippen LogP contribution in [0, 0.1) is 0 Å². The number of aryl methyl sites for hydroxylation is 1.